The number of benzene rings is 1. The van der Waals surface area contributed by atoms with E-state index in [1.54, 1.807) is 0 Å². The number of aliphatic carboxylic acids is 1. The molecule has 0 unspecified atom stereocenters. The fraction of sp³-hybridized carbons (Fsp3) is 0.353. The second-order valence-electron chi connectivity index (χ2n) is 5.91. The van der Waals surface area contributed by atoms with Gasteiger partial charge in [-0.25, -0.2) is 0 Å². The average Bonchev–Trinajstić information content (AvgIpc) is 2.73. The summed E-state index contributed by atoms with van der Waals surface area (Å²) in [6, 6.07) is 10.1. The van der Waals surface area contributed by atoms with Crippen LogP contribution < -0.4 is 0 Å². The van der Waals surface area contributed by atoms with Gasteiger partial charge in [-0.2, -0.15) is 10.4 Å². The quantitative estimate of drug-likeness (QED) is 0.940. The highest BCUT2D eigenvalue weighted by Crippen LogP contribution is 2.29. The van der Waals surface area contributed by atoms with Crippen molar-refractivity contribution in [2.45, 2.75) is 39.7 Å². The zero-order valence-electron chi connectivity index (χ0n) is 13.2. The topological polar surface area (TPSA) is 78.9 Å². The van der Waals surface area contributed by atoms with Crippen molar-refractivity contribution in [2.75, 3.05) is 0 Å². The molecule has 0 bridgehead atoms. The normalized spacial score (nSPS) is 11.2. The summed E-state index contributed by atoms with van der Waals surface area (Å²) in [5.41, 5.74) is 3.97. The first kappa shape index (κ1) is 15.8. The van der Waals surface area contributed by atoms with E-state index in [2.05, 4.69) is 11.2 Å². The minimum Gasteiger partial charge on any atom is -0.480 e. The van der Waals surface area contributed by atoms with Crippen molar-refractivity contribution in [2.24, 2.45) is 0 Å². The number of aromatic nitrogens is 2. The van der Waals surface area contributed by atoms with Gasteiger partial charge in [-0.05, 0) is 38.8 Å². The van der Waals surface area contributed by atoms with Crippen LogP contribution in [0.3, 0.4) is 0 Å². The summed E-state index contributed by atoms with van der Waals surface area (Å²) < 4.78 is 1.50. The zero-order valence-corrected chi connectivity index (χ0v) is 13.2. The van der Waals surface area contributed by atoms with Crippen LogP contribution in [-0.2, 0) is 16.8 Å². The fourth-order valence-electron chi connectivity index (χ4n) is 2.51. The van der Waals surface area contributed by atoms with E-state index in [9.17, 15) is 10.1 Å². The van der Waals surface area contributed by atoms with E-state index >= 15 is 0 Å². The summed E-state index contributed by atoms with van der Waals surface area (Å²) >= 11 is 0. The molecule has 22 heavy (non-hydrogen) atoms. The van der Waals surface area contributed by atoms with Crippen LogP contribution in [0, 0.1) is 25.2 Å². The number of carboxylic acids is 1. The number of nitriles is 1. The van der Waals surface area contributed by atoms with Gasteiger partial charge in [0.25, 0.3) is 0 Å². The Morgan fingerprint density at radius 2 is 1.91 bits per heavy atom. The Morgan fingerprint density at radius 3 is 2.41 bits per heavy atom. The predicted molar refractivity (Wildman–Crippen MR) is 83.4 cm³/mol. The van der Waals surface area contributed by atoms with Gasteiger partial charge in [-0.3, -0.25) is 9.48 Å². The number of carboxylic acid groups (broad SMARTS) is 1. The van der Waals surface area contributed by atoms with E-state index in [-0.39, 0.29) is 6.54 Å². The number of rotatable bonds is 4. The van der Waals surface area contributed by atoms with Gasteiger partial charge in [-0.15, -0.1) is 0 Å². The molecule has 0 aliphatic heterocycles. The molecular formula is C17H19N3O2. The first-order valence-electron chi connectivity index (χ1n) is 7.04. The maximum atomic E-state index is 10.9. The summed E-state index contributed by atoms with van der Waals surface area (Å²) in [5, 5.41) is 22.4. The van der Waals surface area contributed by atoms with Gasteiger partial charge in [0, 0.05) is 11.3 Å². The molecule has 0 saturated heterocycles. The lowest BCUT2D eigenvalue weighted by Gasteiger charge is -2.16. The molecule has 1 N–H and O–H groups in total. The molecule has 0 atom stereocenters. The largest absolute Gasteiger partial charge is 0.480 e. The molecule has 1 heterocycles. The van der Waals surface area contributed by atoms with Gasteiger partial charge >= 0.3 is 5.97 Å². The van der Waals surface area contributed by atoms with E-state index in [0.717, 1.165) is 28.1 Å². The molecule has 0 aliphatic rings. The van der Waals surface area contributed by atoms with Crippen LogP contribution in [0.25, 0.3) is 11.1 Å². The molecule has 0 aliphatic carbocycles. The summed E-state index contributed by atoms with van der Waals surface area (Å²) in [5.74, 6) is -0.914. The minimum absolute atomic E-state index is 0.147. The van der Waals surface area contributed by atoms with Crippen LogP contribution in [0.5, 0.6) is 0 Å². The standard InChI is InChI=1S/C17H19N3O2/c1-11-16(12(2)20(19-11)9-15(21)22)13-5-7-14(8-6-13)17(3,4)10-18/h5-8H,9H2,1-4H3,(H,21,22). The predicted octanol–water partition coefficient (Wildman–Crippen LogP) is 3.05. The van der Waals surface area contributed by atoms with Crippen LogP contribution >= 0.6 is 0 Å². The van der Waals surface area contributed by atoms with Crippen molar-refractivity contribution in [3.63, 3.8) is 0 Å². The van der Waals surface area contributed by atoms with E-state index in [0.29, 0.717) is 0 Å². The summed E-state index contributed by atoms with van der Waals surface area (Å²) in [7, 11) is 0. The molecule has 5 nitrogen and oxygen atoms in total. The molecule has 2 aromatic rings. The Labute approximate surface area is 129 Å². The molecule has 0 spiro atoms. The van der Waals surface area contributed by atoms with E-state index in [1.165, 1.54) is 4.68 Å². The van der Waals surface area contributed by atoms with Crippen molar-refractivity contribution in [1.29, 1.82) is 5.26 Å². The van der Waals surface area contributed by atoms with Gasteiger partial charge < -0.3 is 5.11 Å². The molecule has 114 valence electrons. The Bertz CT molecular complexity index is 749. The molecule has 1 aromatic heterocycles. The lowest BCUT2D eigenvalue weighted by molar-refractivity contribution is -0.137. The van der Waals surface area contributed by atoms with Gasteiger partial charge in [0.1, 0.15) is 6.54 Å². The van der Waals surface area contributed by atoms with Gasteiger partial charge in [0.2, 0.25) is 0 Å². The van der Waals surface area contributed by atoms with E-state index in [4.69, 9.17) is 5.11 Å². The van der Waals surface area contributed by atoms with Crippen molar-refractivity contribution in [3.05, 3.63) is 41.2 Å². The highest BCUT2D eigenvalue weighted by molar-refractivity contribution is 5.71. The molecule has 0 amide bonds. The third-order valence-corrected chi connectivity index (χ3v) is 3.84. The summed E-state index contributed by atoms with van der Waals surface area (Å²) in [6.45, 7) is 7.35. The fourth-order valence-corrected chi connectivity index (χ4v) is 2.51. The highest BCUT2D eigenvalue weighted by atomic mass is 16.4. The van der Waals surface area contributed by atoms with Gasteiger partial charge in [0.05, 0.1) is 17.2 Å². The van der Waals surface area contributed by atoms with Crippen molar-refractivity contribution in [1.82, 2.24) is 9.78 Å². The van der Waals surface area contributed by atoms with Crippen molar-refractivity contribution >= 4 is 5.97 Å². The first-order chi connectivity index (χ1) is 10.3. The molecular weight excluding hydrogens is 278 g/mol. The SMILES string of the molecule is Cc1nn(CC(=O)O)c(C)c1-c1ccc(C(C)(C)C#N)cc1. The average molecular weight is 297 g/mol. The molecule has 0 saturated carbocycles. The van der Waals surface area contributed by atoms with Crippen molar-refractivity contribution in [3.8, 4) is 17.2 Å². The van der Waals surface area contributed by atoms with E-state index < -0.39 is 11.4 Å². The van der Waals surface area contributed by atoms with Crippen LogP contribution in [0.15, 0.2) is 24.3 Å². The molecule has 0 fully saturated rings. The van der Waals surface area contributed by atoms with Crippen LogP contribution in [0.1, 0.15) is 30.8 Å². The number of hydrogen-bond donors (Lipinski definition) is 1. The third kappa shape index (κ3) is 2.86. The zero-order chi connectivity index (χ0) is 16.5. The lowest BCUT2D eigenvalue weighted by atomic mass is 9.85. The van der Waals surface area contributed by atoms with E-state index in [1.807, 2.05) is 52.0 Å². The Kier molecular flexibility index (Phi) is 4.05. The lowest BCUT2D eigenvalue weighted by Crippen LogP contribution is -2.13. The third-order valence-electron chi connectivity index (χ3n) is 3.84. The Morgan fingerprint density at radius 1 is 1.32 bits per heavy atom. The Hall–Kier alpha value is -2.61. The maximum Gasteiger partial charge on any atom is 0.325 e. The number of hydrogen-bond acceptors (Lipinski definition) is 3. The Balaban J connectivity index is 2.43. The second-order valence-corrected chi connectivity index (χ2v) is 5.91. The number of carbonyl (C=O) groups is 1. The number of nitrogens with zero attached hydrogens (tertiary/aromatic N) is 3. The highest BCUT2D eigenvalue weighted by Gasteiger charge is 2.20. The summed E-state index contributed by atoms with van der Waals surface area (Å²) in [4.78, 5) is 10.9. The van der Waals surface area contributed by atoms with Gasteiger partial charge in [-0.1, -0.05) is 24.3 Å². The molecule has 2 rings (SSSR count). The van der Waals surface area contributed by atoms with Crippen LogP contribution in [0.4, 0.5) is 0 Å². The monoisotopic (exact) mass is 297 g/mol. The first-order valence-corrected chi connectivity index (χ1v) is 7.04. The smallest absolute Gasteiger partial charge is 0.325 e. The molecule has 1 aromatic carbocycles. The summed E-state index contributed by atoms with van der Waals surface area (Å²) in [6.07, 6.45) is 0. The molecule has 0 radical (unpaired) electrons. The molecule has 5 heteroatoms. The maximum absolute atomic E-state index is 10.9. The van der Waals surface area contributed by atoms with Crippen molar-refractivity contribution < 1.29 is 9.90 Å². The number of aryl methyl sites for hydroxylation is 1. The minimum atomic E-state index is -0.914. The van der Waals surface area contributed by atoms with Crippen LogP contribution in [0.2, 0.25) is 0 Å². The second kappa shape index (κ2) is 5.64. The van der Waals surface area contributed by atoms with Crippen LogP contribution in [-0.4, -0.2) is 20.9 Å². The van der Waals surface area contributed by atoms with Gasteiger partial charge in [0.15, 0.2) is 0 Å².